The standard InChI is InChI=1S/C6H8ClN3OS/c1-8-4-3-5(12(2)11)10-6(7)9-4/h3H,1-2H3,(H,8,9,10). The molecule has 0 saturated carbocycles. The van der Waals surface area contributed by atoms with Crippen LogP contribution in [-0.4, -0.2) is 27.8 Å². The second-order valence-electron chi connectivity index (χ2n) is 2.06. The van der Waals surface area contributed by atoms with E-state index >= 15 is 0 Å². The van der Waals surface area contributed by atoms with Crippen molar-refractivity contribution < 1.29 is 4.55 Å². The molecule has 12 heavy (non-hydrogen) atoms. The first kappa shape index (κ1) is 9.57. The molecule has 0 radical (unpaired) electrons. The van der Waals surface area contributed by atoms with Gasteiger partial charge in [0.25, 0.3) is 5.03 Å². The maximum absolute atomic E-state index is 11.0. The summed E-state index contributed by atoms with van der Waals surface area (Å²) in [6.07, 6.45) is 1.54. The molecule has 0 amide bonds. The summed E-state index contributed by atoms with van der Waals surface area (Å²) in [6, 6.07) is 1.60. The molecule has 0 aromatic carbocycles. The molecular formula is C6H8ClN3OS. The molecule has 1 rings (SSSR count). The molecule has 1 unspecified atom stereocenters. The molecule has 0 saturated heterocycles. The highest BCUT2D eigenvalue weighted by Gasteiger charge is 2.09. The highest BCUT2D eigenvalue weighted by atomic mass is 35.5. The Hall–Kier alpha value is -0.520. The van der Waals surface area contributed by atoms with Gasteiger partial charge in [-0.15, -0.1) is 0 Å². The Labute approximate surface area is 78.5 Å². The van der Waals surface area contributed by atoms with Crippen molar-refractivity contribution in [2.24, 2.45) is 0 Å². The minimum absolute atomic E-state index is 0.104. The van der Waals surface area contributed by atoms with Crippen LogP contribution in [0.15, 0.2) is 11.1 Å². The number of hydrogen-bond acceptors (Lipinski definition) is 4. The van der Waals surface area contributed by atoms with Gasteiger partial charge in [-0.05, 0) is 11.6 Å². The van der Waals surface area contributed by atoms with Crippen LogP contribution in [0.2, 0.25) is 5.28 Å². The van der Waals surface area contributed by atoms with Gasteiger partial charge in [0.15, 0.2) is 0 Å². The molecule has 6 heteroatoms. The highest BCUT2D eigenvalue weighted by molar-refractivity contribution is 7.90. The summed E-state index contributed by atoms with van der Waals surface area (Å²) in [4.78, 5) is 7.64. The minimum atomic E-state index is -1.13. The lowest BCUT2D eigenvalue weighted by Gasteiger charge is -2.04. The van der Waals surface area contributed by atoms with Gasteiger partial charge in [0, 0.05) is 18.2 Å². The molecule has 1 N–H and O–H groups in total. The average molecular weight is 206 g/mol. The first-order chi connectivity index (χ1) is 5.63. The number of nitrogens with one attached hydrogen (secondary N) is 1. The van der Waals surface area contributed by atoms with E-state index in [0.717, 1.165) is 0 Å². The van der Waals surface area contributed by atoms with Crippen LogP contribution in [0.5, 0.6) is 0 Å². The summed E-state index contributed by atoms with van der Waals surface area (Å²) in [6.45, 7) is 0. The van der Waals surface area contributed by atoms with Gasteiger partial charge in [-0.1, -0.05) is 0 Å². The number of rotatable bonds is 2. The smallest absolute Gasteiger partial charge is 0.250 e. The third-order valence-electron chi connectivity index (χ3n) is 1.23. The fraction of sp³-hybridized carbons (Fsp3) is 0.333. The third kappa shape index (κ3) is 2.23. The zero-order chi connectivity index (χ0) is 9.14. The van der Waals surface area contributed by atoms with Crippen molar-refractivity contribution in [1.82, 2.24) is 9.97 Å². The normalized spacial score (nSPS) is 12.7. The first-order valence-electron chi connectivity index (χ1n) is 3.19. The lowest BCUT2D eigenvalue weighted by molar-refractivity contribution is 0.597. The molecule has 0 aliphatic rings. The van der Waals surface area contributed by atoms with Crippen LogP contribution in [0.3, 0.4) is 0 Å². The van der Waals surface area contributed by atoms with Crippen molar-refractivity contribution in [3.05, 3.63) is 11.3 Å². The number of hydrogen-bond donors (Lipinski definition) is 1. The van der Waals surface area contributed by atoms with Crippen LogP contribution in [0.25, 0.3) is 0 Å². The van der Waals surface area contributed by atoms with E-state index in [1.807, 2.05) is 0 Å². The number of halogens is 1. The zero-order valence-corrected chi connectivity index (χ0v) is 8.24. The predicted octanol–water partition coefficient (Wildman–Crippen LogP) is 0.909. The summed E-state index contributed by atoms with van der Waals surface area (Å²) in [5, 5.41) is 3.33. The summed E-state index contributed by atoms with van der Waals surface area (Å²) in [5.41, 5.74) is 0. The second-order valence-corrected chi connectivity index (χ2v) is 3.73. The van der Waals surface area contributed by atoms with E-state index in [0.29, 0.717) is 10.8 Å². The molecule has 0 aliphatic heterocycles. The van der Waals surface area contributed by atoms with Gasteiger partial charge in [0.05, 0.1) is 6.07 Å². The summed E-state index contributed by atoms with van der Waals surface area (Å²) in [7, 11) is 1.71. The fourth-order valence-corrected chi connectivity index (χ4v) is 1.40. The van der Waals surface area contributed by atoms with Crippen molar-refractivity contribution in [1.29, 1.82) is 0 Å². The minimum Gasteiger partial charge on any atom is -0.610 e. The lowest BCUT2D eigenvalue weighted by atomic mass is 10.6. The fourth-order valence-electron chi connectivity index (χ4n) is 0.672. The molecule has 0 aliphatic carbocycles. The Morgan fingerprint density at radius 3 is 2.75 bits per heavy atom. The van der Waals surface area contributed by atoms with Crippen LogP contribution in [0.4, 0.5) is 5.82 Å². The van der Waals surface area contributed by atoms with Crippen LogP contribution in [-0.2, 0) is 11.2 Å². The first-order valence-corrected chi connectivity index (χ1v) is 5.13. The van der Waals surface area contributed by atoms with E-state index in [1.165, 1.54) is 6.26 Å². The average Bonchev–Trinajstić information content (AvgIpc) is 2.03. The predicted molar refractivity (Wildman–Crippen MR) is 48.9 cm³/mol. The largest absolute Gasteiger partial charge is 0.610 e. The van der Waals surface area contributed by atoms with Gasteiger partial charge >= 0.3 is 0 Å². The quantitative estimate of drug-likeness (QED) is 0.443. The Balaban J connectivity index is 3.06. The lowest BCUT2D eigenvalue weighted by Crippen LogP contribution is -2.04. The highest BCUT2D eigenvalue weighted by Crippen LogP contribution is 2.13. The monoisotopic (exact) mass is 205 g/mol. The maximum atomic E-state index is 11.0. The Morgan fingerprint density at radius 2 is 2.25 bits per heavy atom. The van der Waals surface area contributed by atoms with Gasteiger partial charge in [-0.2, -0.15) is 4.98 Å². The van der Waals surface area contributed by atoms with Gasteiger partial charge in [0.1, 0.15) is 12.1 Å². The van der Waals surface area contributed by atoms with Crippen molar-refractivity contribution in [2.45, 2.75) is 5.03 Å². The van der Waals surface area contributed by atoms with Crippen molar-refractivity contribution in [3.8, 4) is 0 Å². The summed E-state index contributed by atoms with van der Waals surface area (Å²) < 4.78 is 11.0. The molecule has 0 fully saturated rings. The van der Waals surface area contributed by atoms with E-state index in [-0.39, 0.29) is 5.28 Å². The Morgan fingerprint density at radius 1 is 1.58 bits per heavy atom. The van der Waals surface area contributed by atoms with E-state index in [2.05, 4.69) is 15.3 Å². The molecular weight excluding hydrogens is 198 g/mol. The molecule has 4 nitrogen and oxygen atoms in total. The Bertz CT molecular complexity index is 281. The molecule has 1 aromatic heterocycles. The zero-order valence-electron chi connectivity index (χ0n) is 6.67. The molecule has 1 atom stereocenters. The topological polar surface area (TPSA) is 60.9 Å². The molecule has 0 bridgehead atoms. The van der Waals surface area contributed by atoms with Crippen molar-refractivity contribution in [3.63, 3.8) is 0 Å². The Kier molecular flexibility index (Phi) is 3.13. The van der Waals surface area contributed by atoms with Gasteiger partial charge in [-0.3, -0.25) is 0 Å². The molecule has 1 aromatic rings. The van der Waals surface area contributed by atoms with Crippen LogP contribution < -0.4 is 5.32 Å². The van der Waals surface area contributed by atoms with Crippen LogP contribution in [0, 0.1) is 0 Å². The summed E-state index contributed by atoms with van der Waals surface area (Å²) in [5.74, 6) is 0.570. The van der Waals surface area contributed by atoms with Gasteiger partial charge < -0.3 is 9.87 Å². The van der Waals surface area contributed by atoms with Gasteiger partial charge in [-0.25, -0.2) is 4.98 Å². The third-order valence-corrected chi connectivity index (χ3v) is 2.19. The van der Waals surface area contributed by atoms with Crippen LogP contribution >= 0.6 is 11.6 Å². The summed E-state index contributed by atoms with van der Waals surface area (Å²) >= 11 is 4.45. The van der Waals surface area contributed by atoms with E-state index in [9.17, 15) is 4.55 Å². The molecule has 66 valence electrons. The number of aromatic nitrogens is 2. The maximum Gasteiger partial charge on any atom is 0.250 e. The SMILES string of the molecule is CNc1cc([S+](C)[O-])nc(Cl)n1. The van der Waals surface area contributed by atoms with E-state index in [1.54, 1.807) is 13.1 Å². The number of nitrogens with zero attached hydrogens (tertiary/aromatic N) is 2. The van der Waals surface area contributed by atoms with Crippen molar-refractivity contribution in [2.75, 3.05) is 18.6 Å². The van der Waals surface area contributed by atoms with E-state index < -0.39 is 11.2 Å². The second kappa shape index (κ2) is 3.93. The molecule has 1 heterocycles. The number of anilines is 1. The van der Waals surface area contributed by atoms with Crippen molar-refractivity contribution >= 4 is 28.6 Å². The molecule has 0 spiro atoms. The van der Waals surface area contributed by atoms with Gasteiger partial charge in [0.2, 0.25) is 5.28 Å². The van der Waals surface area contributed by atoms with Crippen LogP contribution in [0.1, 0.15) is 0 Å². The van der Waals surface area contributed by atoms with E-state index in [4.69, 9.17) is 11.6 Å².